The second-order valence-corrected chi connectivity index (χ2v) is 8.17. The summed E-state index contributed by atoms with van der Waals surface area (Å²) in [6.45, 7) is 0. The molecule has 1 aromatic rings. The van der Waals surface area contributed by atoms with Crippen molar-refractivity contribution in [2.45, 2.75) is 48.6 Å². The molecule has 4 aliphatic rings. The maximum absolute atomic E-state index is 11.3. The Bertz CT molecular complexity index is 634. The first kappa shape index (κ1) is 14.3. The average Bonchev–Trinajstić information content (AvgIpc) is 2.44. The van der Waals surface area contributed by atoms with E-state index in [1.807, 2.05) is 12.1 Å². The Morgan fingerprint density at radius 2 is 2.32 bits per heavy atom. The molecule has 1 aromatic heterocycles. The number of halogens is 1. The summed E-state index contributed by atoms with van der Waals surface area (Å²) in [6, 6.07) is 3.41. The lowest BCUT2D eigenvalue weighted by Crippen LogP contribution is -2.63. The molecule has 5 nitrogen and oxygen atoms in total. The van der Waals surface area contributed by atoms with Crippen LogP contribution in [0.5, 0.6) is 0 Å². The summed E-state index contributed by atoms with van der Waals surface area (Å²) in [5.74, 6) is 0.766. The van der Waals surface area contributed by atoms with Gasteiger partial charge in [-0.3, -0.25) is 4.98 Å². The third-order valence-electron chi connectivity index (χ3n) is 5.85. The van der Waals surface area contributed by atoms with Gasteiger partial charge in [0.2, 0.25) is 0 Å². The SMILES string of the molecule is [N-]=[N+]=NC(c1cccnc1)[C@H]1C2CC3C[C@](Cl)(C2)C[C@@]1(O)C3. The minimum atomic E-state index is -0.819. The van der Waals surface area contributed by atoms with Crippen molar-refractivity contribution in [3.63, 3.8) is 0 Å². The van der Waals surface area contributed by atoms with Crippen LogP contribution >= 0.6 is 11.6 Å². The highest BCUT2D eigenvalue weighted by molar-refractivity contribution is 6.24. The third-order valence-corrected chi connectivity index (χ3v) is 6.30. The molecule has 6 heteroatoms. The molecule has 22 heavy (non-hydrogen) atoms. The van der Waals surface area contributed by atoms with Gasteiger partial charge in [0.05, 0.1) is 11.6 Å². The molecule has 0 spiro atoms. The van der Waals surface area contributed by atoms with E-state index in [1.165, 1.54) is 0 Å². The molecule has 116 valence electrons. The maximum atomic E-state index is 11.3. The van der Waals surface area contributed by atoms with Crippen LogP contribution in [0.3, 0.4) is 0 Å². The molecule has 4 saturated carbocycles. The average molecular weight is 319 g/mol. The van der Waals surface area contributed by atoms with E-state index < -0.39 is 5.60 Å². The molecule has 5 rings (SSSR count). The number of aliphatic hydroxyl groups is 1. The van der Waals surface area contributed by atoms with Crippen LogP contribution < -0.4 is 0 Å². The number of hydrogen-bond donors (Lipinski definition) is 1. The van der Waals surface area contributed by atoms with Crippen LogP contribution in [-0.2, 0) is 0 Å². The van der Waals surface area contributed by atoms with Crippen LogP contribution in [0.1, 0.15) is 43.7 Å². The molecule has 4 bridgehead atoms. The Hall–Kier alpha value is -1.29. The van der Waals surface area contributed by atoms with E-state index in [9.17, 15) is 5.11 Å². The number of rotatable bonds is 3. The van der Waals surface area contributed by atoms with E-state index in [0.717, 1.165) is 31.2 Å². The van der Waals surface area contributed by atoms with Crippen molar-refractivity contribution in [1.29, 1.82) is 0 Å². The molecular weight excluding hydrogens is 300 g/mol. The summed E-state index contributed by atoms with van der Waals surface area (Å²) in [4.78, 5) is 6.94. The topological polar surface area (TPSA) is 81.9 Å². The quantitative estimate of drug-likeness (QED) is 0.396. The number of nitrogens with zero attached hydrogens (tertiary/aromatic N) is 4. The molecule has 0 aliphatic heterocycles. The number of aromatic nitrogens is 1. The molecule has 0 radical (unpaired) electrons. The van der Waals surface area contributed by atoms with E-state index in [-0.39, 0.29) is 16.8 Å². The molecule has 1 N–H and O–H groups in total. The van der Waals surface area contributed by atoms with Crippen molar-refractivity contribution in [1.82, 2.24) is 4.98 Å². The standard InChI is InChI=1S/C16H19ClN4O/c17-15-5-10-4-12(7-15)13(16(22,6-10)9-15)14(20-21-18)11-2-1-3-19-8-11/h1-3,8,10,12-14,22H,4-7,9H2/t10?,12?,13-,14?,15+,16+/m1/s1. The van der Waals surface area contributed by atoms with Gasteiger partial charge in [-0.2, -0.15) is 0 Å². The molecule has 4 fully saturated rings. The fraction of sp³-hybridized carbons (Fsp3) is 0.688. The van der Waals surface area contributed by atoms with Gasteiger partial charge in [0.15, 0.2) is 0 Å². The zero-order chi connectivity index (χ0) is 15.4. The van der Waals surface area contributed by atoms with Gasteiger partial charge in [0, 0.05) is 28.1 Å². The second-order valence-electron chi connectivity index (χ2n) is 7.37. The van der Waals surface area contributed by atoms with E-state index in [4.69, 9.17) is 17.1 Å². The van der Waals surface area contributed by atoms with Crippen molar-refractivity contribution in [2.24, 2.45) is 22.9 Å². The van der Waals surface area contributed by atoms with Crippen LogP contribution in [0, 0.1) is 17.8 Å². The first-order valence-electron chi connectivity index (χ1n) is 7.88. The fourth-order valence-electron chi connectivity index (χ4n) is 5.56. The van der Waals surface area contributed by atoms with Gasteiger partial charge in [-0.25, -0.2) is 0 Å². The van der Waals surface area contributed by atoms with Gasteiger partial charge in [0.25, 0.3) is 0 Å². The number of hydrogen-bond acceptors (Lipinski definition) is 3. The molecule has 0 amide bonds. The summed E-state index contributed by atoms with van der Waals surface area (Å²) < 4.78 is 0. The lowest BCUT2D eigenvalue weighted by molar-refractivity contribution is -0.170. The Morgan fingerprint density at radius 3 is 2.95 bits per heavy atom. The molecule has 6 atom stereocenters. The Balaban J connectivity index is 1.76. The van der Waals surface area contributed by atoms with Gasteiger partial charge in [0.1, 0.15) is 0 Å². The van der Waals surface area contributed by atoms with Crippen LogP contribution in [-0.4, -0.2) is 20.6 Å². The predicted molar refractivity (Wildman–Crippen MR) is 83.2 cm³/mol. The summed E-state index contributed by atoms with van der Waals surface area (Å²) in [5, 5.41) is 15.3. The highest BCUT2D eigenvalue weighted by atomic mass is 35.5. The van der Waals surface area contributed by atoms with E-state index in [2.05, 4.69) is 15.0 Å². The highest BCUT2D eigenvalue weighted by Crippen LogP contribution is 2.65. The number of alkyl halides is 1. The van der Waals surface area contributed by atoms with Crippen LogP contribution in [0.2, 0.25) is 0 Å². The minimum absolute atomic E-state index is 0.0592. The number of pyridine rings is 1. The number of azide groups is 1. The van der Waals surface area contributed by atoms with E-state index in [1.54, 1.807) is 12.4 Å². The maximum Gasteiger partial charge on any atom is 0.0705 e. The molecule has 4 aliphatic carbocycles. The zero-order valence-corrected chi connectivity index (χ0v) is 13.0. The molecule has 1 heterocycles. The lowest BCUT2D eigenvalue weighted by atomic mass is 9.48. The predicted octanol–water partition coefficient (Wildman–Crippen LogP) is 3.98. The van der Waals surface area contributed by atoms with Crippen LogP contribution in [0.25, 0.3) is 10.4 Å². The van der Waals surface area contributed by atoms with Gasteiger partial charge in [-0.05, 0) is 61.1 Å². The van der Waals surface area contributed by atoms with Crippen molar-refractivity contribution in [2.75, 3.05) is 0 Å². The first-order chi connectivity index (χ1) is 10.5. The molecule has 3 unspecified atom stereocenters. The normalized spacial score (nSPS) is 43.6. The zero-order valence-electron chi connectivity index (χ0n) is 12.3. The Morgan fingerprint density at radius 1 is 1.45 bits per heavy atom. The van der Waals surface area contributed by atoms with Crippen LogP contribution in [0.4, 0.5) is 0 Å². The first-order valence-corrected chi connectivity index (χ1v) is 8.26. The monoisotopic (exact) mass is 318 g/mol. The van der Waals surface area contributed by atoms with E-state index >= 15 is 0 Å². The largest absolute Gasteiger partial charge is 0.389 e. The van der Waals surface area contributed by atoms with Crippen molar-refractivity contribution < 1.29 is 5.11 Å². The third kappa shape index (κ3) is 2.11. The smallest absolute Gasteiger partial charge is 0.0705 e. The summed E-state index contributed by atoms with van der Waals surface area (Å²) in [7, 11) is 0. The lowest BCUT2D eigenvalue weighted by Gasteiger charge is -2.63. The summed E-state index contributed by atoms with van der Waals surface area (Å²) in [6.07, 6.45) is 7.84. The van der Waals surface area contributed by atoms with Crippen molar-refractivity contribution in [3.05, 3.63) is 40.5 Å². The molecule has 0 saturated heterocycles. The van der Waals surface area contributed by atoms with E-state index in [0.29, 0.717) is 18.3 Å². The van der Waals surface area contributed by atoms with Crippen LogP contribution in [0.15, 0.2) is 29.6 Å². The van der Waals surface area contributed by atoms with Gasteiger partial charge in [-0.1, -0.05) is 11.2 Å². The summed E-state index contributed by atoms with van der Waals surface area (Å²) in [5.41, 5.74) is 9.08. The van der Waals surface area contributed by atoms with Gasteiger partial charge < -0.3 is 5.11 Å². The highest BCUT2D eigenvalue weighted by Gasteiger charge is 2.63. The Labute approximate surface area is 134 Å². The molecular formula is C16H19ClN4O. The minimum Gasteiger partial charge on any atom is -0.389 e. The second kappa shape index (κ2) is 4.85. The molecule has 0 aromatic carbocycles. The van der Waals surface area contributed by atoms with Gasteiger partial charge >= 0.3 is 0 Å². The van der Waals surface area contributed by atoms with Crippen molar-refractivity contribution >= 4 is 11.6 Å². The fourth-order valence-corrected chi connectivity index (χ4v) is 6.20. The van der Waals surface area contributed by atoms with Gasteiger partial charge in [-0.15, -0.1) is 11.6 Å². The summed E-state index contributed by atoms with van der Waals surface area (Å²) >= 11 is 6.74. The Kier molecular flexibility index (Phi) is 3.16. The van der Waals surface area contributed by atoms with Crippen molar-refractivity contribution in [3.8, 4) is 0 Å².